The molecule has 0 saturated carbocycles. The van der Waals surface area contributed by atoms with Gasteiger partial charge in [0.15, 0.2) is 11.5 Å². The van der Waals surface area contributed by atoms with E-state index in [4.69, 9.17) is 21.1 Å². The highest BCUT2D eigenvalue weighted by molar-refractivity contribution is 6.32. The number of fused-ring (bicyclic) bond motifs is 1. The molecular formula is C27H31ClN2O3. The van der Waals surface area contributed by atoms with Crippen molar-refractivity contribution < 1.29 is 14.3 Å². The van der Waals surface area contributed by atoms with Crippen LogP contribution in [0.4, 0.5) is 0 Å². The summed E-state index contributed by atoms with van der Waals surface area (Å²) in [6.07, 6.45) is 6.27. The van der Waals surface area contributed by atoms with E-state index < -0.39 is 0 Å². The topological polar surface area (TPSA) is 59.9 Å². The summed E-state index contributed by atoms with van der Waals surface area (Å²) < 4.78 is 11.6. The molecule has 174 valence electrons. The fraction of sp³-hybridized carbons (Fsp3) is 0.333. The minimum absolute atomic E-state index is 0.189. The minimum Gasteiger partial charge on any atom is -0.490 e. The van der Waals surface area contributed by atoms with Crippen molar-refractivity contribution in [2.24, 2.45) is 5.10 Å². The molecule has 6 heteroatoms. The Hall–Kier alpha value is -3.05. The molecule has 0 fully saturated rings. The van der Waals surface area contributed by atoms with Gasteiger partial charge in [0.1, 0.15) is 0 Å². The van der Waals surface area contributed by atoms with Gasteiger partial charge < -0.3 is 9.47 Å². The van der Waals surface area contributed by atoms with E-state index in [0.717, 1.165) is 29.2 Å². The number of rotatable bonds is 12. The molecule has 0 aliphatic heterocycles. The highest BCUT2D eigenvalue weighted by Gasteiger charge is 2.12. The van der Waals surface area contributed by atoms with Crippen LogP contribution in [0.3, 0.4) is 0 Å². The first-order valence-electron chi connectivity index (χ1n) is 11.5. The third-order valence-electron chi connectivity index (χ3n) is 5.21. The number of carbonyl (C=O) groups excluding carboxylic acids is 1. The summed E-state index contributed by atoms with van der Waals surface area (Å²) >= 11 is 6.46. The lowest BCUT2D eigenvalue weighted by Crippen LogP contribution is -2.19. The average molecular weight is 467 g/mol. The van der Waals surface area contributed by atoms with E-state index in [0.29, 0.717) is 35.3 Å². The molecule has 3 rings (SSSR count). The molecule has 0 aliphatic rings. The second-order valence-corrected chi connectivity index (χ2v) is 8.19. The lowest BCUT2D eigenvalue weighted by atomic mass is 10.0. The Balaban J connectivity index is 1.63. The van der Waals surface area contributed by atoms with Crippen LogP contribution in [0.5, 0.6) is 11.5 Å². The summed E-state index contributed by atoms with van der Waals surface area (Å²) in [4.78, 5) is 12.4. The molecule has 3 aromatic rings. The Morgan fingerprint density at radius 2 is 1.85 bits per heavy atom. The molecule has 0 aromatic heterocycles. The maximum atomic E-state index is 12.4. The third-order valence-corrected chi connectivity index (χ3v) is 5.49. The van der Waals surface area contributed by atoms with Crippen molar-refractivity contribution in [3.8, 4) is 11.5 Å². The van der Waals surface area contributed by atoms with Crippen molar-refractivity contribution in [3.05, 3.63) is 70.7 Å². The lowest BCUT2D eigenvalue weighted by Gasteiger charge is -2.14. The van der Waals surface area contributed by atoms with Gasteiger partial charge in [-0.15, -0.1) is 0 Å². The second-order valence-electron chi connectivity index (χ2n) is 7.78. The summed E-state index contributed by atoms with van der Waals surface area (Å²) in [7, 11) is 0. The zero-order valence-electron chi connectivity index (χ0n) is 19.3. The first-order chi connectivity index (χ1) is 16.1. The van der Waals surface area contributed by atoms with E-state index >= 15 is 0 Å². The van der Waals surface area contributed by atoms with Crippen LogP contribution in [0.25, 0.3) is 10.8 Å². The molecule has 1 N–H and O–H groups in total. The monoisotopic (exact) mass is 466 g/mol. The predicted molar refractivity (Wildman–Crippen MR) is 136 cm³/mol. The molecule has 0 unspecified atom stereocenters. The smallest absolute Gasteiger partial charge is 0.244 e. The predicted octanol–water partition coefficient (Wildman–Crippen LogP) is 6.54. The summed E-state index contributed by atoms with van der Waals surface area (Å²) in [6.45, 7) is 5.17. The molecule has 0 spiro atoms. The molecule has 1 amide bonds. The Labute approximate surface area is 200 Å². The molecule has 0 bridgehead atoms. The van der Waals surface area contributed by atoms with E-state index in [1.807, 2.05) is 55.5 Å². The van der Waals surface area contributed by atoms with Crippen molar-refractivity contribution in [1.82, 2.24) is 5.43 Å². The van der Waals surface area contributed by atoms with Crippen molar-refractivity contribution in [3.63, 3.8) is 0 Å². The Bertz CT molecular complexity index is 1090. The van der Waals surface area contributed by atoms with Crippen LogP contribution in [0.2, 0.25) is 5.02 Å². The van der Waals surface area contributed by atoms with Gasteiger partial charge in [0.25, 0.3) is 0 Å². The number of ether oxygens (including phenoxy) is 2. The number of halogens is 1. The van der Waals surface area contributed by atoms with Crippen molar-refractivity contribution in [2.45, 2.75) is 46.0 Å². The third kappa shape index (κ3) is 7.22. The van der Waals surface area contributed by atoms with Crippen LogP contribution in [0.1, 0.15) is 50.7 Å². The summed E-state index contributed by atoms with van der Waals surface area (Å²) in [5.41, 5.74) is 4.28. The molecule has 0 aliphatic carbocycles. The number of hydrogen-bond acceptors (Lipinski definition) is 4. The summed E-state index contributed by atoms with van der Waals surface area (Å²) in [5, 5.41) is 6.74. The summed E-state index contributed by atoms with van der Waals surface area (Å²) in [5.74, 6) is 0.932. The Morgan fingerprint density at radius 3 is 2.67 bits per heavy atom. The van der Waals surface area contributed by atoms with Gasteiger partial charge in [0, 0.05) is 0 Å². The fourth-order valence-electron chi connectivity index (χ4n) is 3.61. The van der Waals surface area contributed by atoms with Gasteiger partial charge in [0.2, 0.25) is 5.91 Å². The Morgan fingerprint density at radius 1 is 1.03 bits per heavy atom. The van der Waals surface area contributed by atoms with Crippen LogP contribution in [0.15, 0.2) is 59.7 Å². The maximum absolute atomic E-state index is 12.4. The molecule has 0 heterocycles. The van der Waals surface area contributed by atoms with Crippen LogP contribution in [-0.2, 0) is 11.2 Å². The molecule has 33 heavy (non-hydrogen) atoms. The SMILES string of the molecule is CCCCCCOc1c(Cl)cc(/C=N/NC(=O)Cc2cccc3ccccc23)cc1OCC. The van der Waals surface area contributed by atoms with E-state index in [1.165, 1.54) is 12.8 Å². The van der Waals surface area contributed by atoms with Gasteiger partial charge >= 0.3 is 0 Å². The number of benzene rings is 3. The van der Waals surface area contributed by atoms with Gasteiger partial charge in [-0.2, -0.15) is 5.10 Å². The highest BCUT2D eigenvalue weighted by atomic mass is 35.5. The van der Waals surface area contributed by atoms with Gasteiger partial charge in [0.05, 0.1) is 30.9 Å². The first-order valence-corrected chi connectivity index (χ1v) is 11.9. The molecule has 0 atom stereocenters. The van der Waals surface area contributed by atoms with Crippen LogP contribution >= 0.6 is 11.6 Å². The number of hydrazone groups is 1. The number of nitrogens with zero attached hydrogens (tertiary/aromatic N) is 1. The van der Waals surface area contributed by atoms with E-state index in [9.17, 15) is 4.79 Å². The first kappa shape index (κ1) is 24.6. The standard InChI is InChI=1S/C27H31ClN2O3/c1-3-5-6-9-15-33-27-24(28)16-20(17-25(27)32-4-2)19-29-30-26(31)18-22-13-10-12-21-11-7-8-14-23(21)22/h7-8,10-14,16-17,19H,3-6,9,15,18H2,1-2H3,(H,30,31)/b29-19+. The molecule has 3 aromatic carbocycles. The minimum atomic E-state index is -0.189. The number of amides is 1. The number of hydrogen-bond donors (Lipinski definition) is 1. The van der Waals surface area contributed by atoms with Gasteiger partial charge in [-0.05, 0) is 47.4 Å². The fourth-order valence-corrected chi connectivity index (χ4v) is 3.88. The molecule has 0 radical (unpaired) electrons. The van der Waals surface area contributed by atoms with E-state index in [-0.39, 0.29) is 12.3 Å². The largest absolute Gasteiger partial charge is 0.490 e. The normalized spacial score (nSPS) is 11.1. The molecule has 0 saturated heterocycles. The van der Waals surface area contributed by atoms with Crippen molar-refractivity contribution >= 4 is 34.5 Å². The quantitative estimate of drug-likeness (QED) is 0.187. The average Bonchev–Trinajstić information content (AvgIpc) is 2.81. The zero-order chi connectivity index (χ0) is 23.5. The summed E-state index contributed by atoms with van der Waals surface area (Å²) in [6, 6.07) is 17.5. The van der Waals surface area contributed by atoms with Gasteiger partial charge in [-0.25, -0.2) is 5.43 Å². The van der Waals surface area contributed by atoms with Crippen LogP contribution in [-0.4, -0.2) is 25.3 Å². The molecular weight excluding hydrogens is 436 g/mol. The van der Waals surface area contributed by atoms with Crippen LogP contribution < -0.4 is 14.9 Å². The van der Waals surface area contributed by atoms with Gasteiger partial charge in [-0.1, -0.05) is 80.3 Å². The second kappa shape index (κ2) is 12.9. The lowest BCUT2D eigenvalue weighted by molar-refractivity contribution is -0.120. The highest BCUT2D eigenvalue weighted by Crippen LogP contribution is 2.36. The van der Waals surface area contributed by atoms with E-state index in [1.54, 1.807) is 12.3 Å². The van der Waals surface area contributed by atoms with E-state index in [2.05, 4.69) is 17.5 Å². The molecule has 5 nitrogen and oxygen atoms in total. The van der Waals surface area contributed by atoms with Gasteiger partial charge in [-0.3, -0.25) is 4.79 Å². The van der Waals surface area contributed by atoms with Crippen molar-refractivity contribution in [1.29, 1.82) is 0 Å². The van der Waals surface area contributed by atoms with Crippen molar-refractivity contribution in [2.75, 3.05) is 13.2 Å². The zero-order valence-corrected chi connectivity index (χ0v) is 20.0. The number of unbranched alkanes of at least 4 members (excludes halogenated alkanes) is 3. The number of carbonyl (C=O) groups is 1. The Kier molecular flexibility index (Phi) is 9.58. The number of nitrogens with one attached hydrogen (secondary N) is 1. The maximum Gasteiger partial charge on any atom is 0.244 e. The van der Waals surface area contributed by atoms with Crippen LogP contribution in [0, 0.1) is 0 Å².